The van der Waals surface area contributed by atoms with Gasteiger partial charge >= 0.3 is 0 Å². The first-order valence-electron chi connectivity index (χ1n) is 5.29. The van der Waals surface area contributed by atoms with Crippen LogP contribution in [0.5, 0.6) is 0 Å². The molecule has 4 nitrogen and oxygen atoms in total. The molecule has 0 spiro atoms. The van der Waals surface area contributed by atoms with Crippen LogP contribution in [-0.2, 0) is 4.79 Å². The lowest BCUT2D eigenvalue weighted by Crippen LogP contribution is -2.43. The second-order valence-corrected chi connectivity index (χ2v) is 4.53. The number of carbonyl (C=O) groups excluding carboxylic acids is 2. The number of carbonyl (C=O) groups is 2. The largest absolute Gasteiger partial charge is 0.391 e. The van der Waals surface area contributed by atoms with Gasteiger partial charge in [0, 0.05) is 0 Å². The van der Waals surface area contributed by atoms with E-state index in [0.29, 0.717) is 5.69 Å². The molecule has 1 amide bonds. The normalized spacial score (nSPS) is 18.2. The predicted octanol–water partition coefficient (Wildman–Crippen LogP) is 1.64. The van der Waals surface area contributed by atoms with E-state index in [4.69, 9.17) is 11.6 Å². The number of Topliss-reactive ketones (excluding diaryl/α,β-unsaturated/α-hetero) is 1. The van der Waals surface area contributed by atoms with Gasteiger partial charge in [-0.1, -0.05) is 17.7 Å². The van der Waals surface area contributed by atoms with Crippen molar-refractivity contribution in [2.75, 3.05) is 4.90 Å². The summed E-state index contributed by atoms with van der Waals surface area (Å²) in [6, 6.07) is 4.44. The quantitative estimate of drug-likeness (QED) is 0.815. The van der Waals surface area contributed by atoms with Crippen molar-refractivity contribution in [3.05, 3.63) is 28.8 Å². The third kappa shape index (κ3) is 1.73. The molecule has 2 atom stereocenters. The number of halogens is 1. The van der Waals surface area contributed by atoms with Crippen molar-refractivity contribution in [3.8, 4) is 0 Å². The van der Waals surface area contributed by atoms with Crippen LogP contribution in [0.1, 0.15) is 24.2 Å². The SMILES string of the molecule is CC(O)C(C)N1C(=O)C(=O)c2c(Cl)cccc21. The Morgan fingerprint density at radius 1 is 1.29 bits per heavy atom. The Kier molecular flexibility index (Phi) is 2.93. The molecule has 0 saturated heterocycles. The number of hydrogen-bond acceptors (Lipinski definition) is 3. The van der Waals surface area contributed by atoms with E-state index in [9.17, 15) is 14.7 Å². The molecule has 0 saturated carbocycles. The number of aliphatic hydroxyl groups is 1. The molecule has 17 heavy (non-hydrogen) atoms. The number of aliphatic hydroxyl groups excluding tert-OH is 1. The van der Waals surface area contributed by atoms with Crippen molar-refractivity contribution >= 4 is 29.0 Å². The first kappa shape index (κ1) is 12.1. The molecule has 0 aromatic heterocycles. The number of nitrogens with zero attached hydrogens (tertiary/aromatic N) is 1. The summed E-state index contributed by atoms with van der Waals surface area (Å²) in [5.41, 5.74) is 0.701. The lowest BCUT2D eigenvalue weighted by molar-refractivity contribution is -0.115. The summed E-state index contributed by atoms with van der Waals surface area (Å²) in [5.74, 6) is -1.25. The number of ketones is 1. The highest BCUT2D eigenvalue weighted by atomic mass is 35.5. The van der Waals surface area contributed by atoms with Crippen molar-refractivity contribution in [2.24, 2.45) is 0 Å². The molecule has 0 bridgehead atoms. The zero-order valence-corrected chi connectivity index (χ0v) is 10.2. The van der Waals surface area contributed by atoms with Gasteiger partial charge in [-0.15, -0.1) is 0 Å². The van der Waals surface area contributed by atoms with Gasteiger partial charge in [0.2, 0.25) is 0 Å². The summed E-state index contributed by atoms with van der Waals surface area (Å²) in [7, 11) is 0. The number of anilines is 1. The van der Waals surface area contributed by atoms with Crippen LogP contribution in [0, 0.1) is 0 Å². The van der Waals surface area contributed by atoms with Crippen LogP contribution in [0.4, 0.5) is 5.69 Å². The van der Waals surface area contributed by atoms with E-state index < -0.39 is 23.8 Å². The van der Waals surface area contributed by atoms with E-state index in [1.165, 1.54) is 4.90 Å². The minimum Gasteiger partial charge on any atom is -0.391 e. The highest BCUT2D eigenvalue weighted by molar-refractivity contribution is 6.55. The molecule has 1 N–H and O–H groups in total. The third-order valence-electron chi connectivity index (χ3n) is 3.00. The number of benzene rings is 1. The molecule has 1 aromatic carbocycles. The van der Waals surface area contributed by atoms with E-state index in [-0.39, 0.29) is 10.6 Å². The minimum absolute atomic E-state index is 0.228. The Balaban J connectivity index is 2.56. The monoisotopic (exact) mass is 253 g/mol. The molecule has 1 heterocycles. The Morgan fingerprint density at radius 3 is 2.53 bits per heavy atom. The van der Waals surface area contributed by atoms with Crippen molar-refractivity contribution < 1.29 is 14.7 Å². The van der Waals surface area contributed by atoms with Crippen molar-refractivity contribution in [1.29, 1.82) is 0 Å². The van der Waals surface area contributed by atoms with Gasteiger partial charge in [-0.25, -0.2) is 0 Å². The molecule has 5 heteroatoms. The molecule has 1 aliphatic rings. The first-order valence-corrected chi connectivity index (χ1v) is 5.67. The van der Waals surface area contributed by atoms with Gasteiger partial charge in [0.25, 0.3) is 11.7 Å². The van der Waals surface area contributed by atoms with Crippen molar-refractivity contribution in [3.63, 3.8) is 0 Å². The fourth-order valence-corrected chi connectivity index (χ4v) is 2.14. The highest BCUT2D eigenvalue weighted by Crippen LogP contribution is 2.35. The standard InChI is InChI=1S/C12H12ClNO3/c1-6(7(2)15)14-9-5-3-4-8(13)10(9)11(16)12(14)17/h3-7,15H,1-2H3. The lowest BCUT2D eigenvalue weighted by Gasteiger charge is -2.26. The fraction of sp³-hybridized carbons (Fsp3) is 0.333. The average Bonchev–Trinajstić information content (AvgIpc) is 2.52. The molecule has 90 valence electrons. The number of rotatable bonds is 2. The lowest BCUT2D eigenvalue weighted by atomic mass is 10.1. The maximum Gasteiger partial charge on any atom is 0.299 e. The van der Waals surface area contributed by atoms with E-state index in [1.807, 2.05) is 0 Å². The maximum absolute atomic E-state index is 11.9. The smallest absolute Gasteiger partial charge is 0.299 e. The average molecular weight is 254 g/mol. The molecule has 2 unspecified atom stereocenters. The molecule has 0 aliphatic carbocycles. The van der Waals surface area contributed by atoms with Gasteiger partial charge in [0.15, 0.2) is 0 Å². The van der Waals surface area contributed by atoms with E-state index in [2.05, 4.69) is 0 Å². The van der Waals surface area contributed by atoms with Gasteiger partial charge in [-0.2, -0.15) is 0 Å². The van der Waals surface area contributed by atoms with Gasteiger partial charge in [0.05, 0.1) is 28.4 Å². The summed E-state index contributed by atoms with van der Waals surface area (Å²) >= 11 is 5.92. The van der Waals surface area contributed by atoms with E-state index in [0.717, 1.165) is 0 Å². The van der Waals surface area contributed by atoms with E-state index in [1.54, 1.807) is 32.0 Å². The van der Waals surface area contributed by atoms with Crippen LogP contribution in [0.15, 0.2) is 18.2 Å². The van der Waals surface area contributed by atoms with Crippen LogP contribution in [-0.4, -0.2) is 28.9 Å². The van der Waals surface area contributed by atoms with Gasteiger partial charge in [-0.05, 0) is 26.0 Å². The molecule has 2 rings (SSSR count). The van der Waals surface area contributed by atoms with Crippen LogP contribution < -0.4 is 4.90 Å². The summed E-state index contributed by atoms with van der Waals surface area (Å²) in [5, 5.41) is 9.81. The Labute approximate surface area is 104 Å². The summed E-state index contributed by atoms with van der Waals surface area (Å²) in [6.07, 6.45) is -0.725. The number of amides is 1. The third-order valence-corrected chi connectivity index (χ3v) is 3.31. The summed E-state index contributed by atoms with van der Waals surface area (Å²) in [6.45, 7) is 3.26. The van der Waals surface area contributed by atoms with Gasteiger partial charge in [0.1, 0.15) is 0 Å². The minimum atomic E-state index is -0.725. The molecular weight excluding hydrogens is 242 g/mol. The predicted molar refractivity (Wildman–Crippen MR) is 64.4 cm³/mol. The van der Waals surface area contributed by atoms with Crippen LogP contribution in [0.2, 0.25) is 5.02 Å². The molecule has 0 radical (unpaired) electrons. The topological polar surface area (TPSA) is 57.6 Å². The highest BCUT2D eigenvalue weighted by Gasteiger charge is 2.40. The Morgan fingerprint density at radius 2 is 1.94 bits per heavy atom. The number of fused-ring (bicyclic) bond motifs is 1. The van der Waals surface area contributed by atoms with Crippen molar-refractivity contribution in [2.45, 2.75) is 26.0 Å². The van der Waals surface area contributed by atoms with Crippen LogP contribution >= 0.6 is 11.6 Å². The second-order valence-electron chi connectivity index (χ2n) is 4.12. The van der Waals surface area contributed by atoms with Crippen molar-refractivity contribution in [1.82, 2.24) is 0 Å². The van der Waals surface area contributed by atoms with Gasteiger partial charge < -0.3 is 5.11 Å². The molecule has 1 aliphatic heterocycles. The second kappa shape index (κ2) is 4.13. The number of hydrogen-bond donors (Lipinski definition) is 1. The first-order chi connectivity index (χ1) is 7.95. The molecule has 1 aromatic rings. The molecule has 0 fully saturated rings. The summed E-state index contributed by atoms with van der Waals surface area (Å²) in [4.78, 5) is 25.0. The Bertz CT molecular complexity index is 499. The fourth-order valence-electron chi connectivity index (χ4n) is 1.88. The van der Waals surface area contributed by atoms with E-state index >= 15 is 0 Å². The maximum atomic E-state index is 11.9. The molecular formula is C12H12ClNO3. The Hall–Kier alpha value is -1.39. The van der Waals surface area contributed by atoms with Crippen LogP contribution in [0.25, 0.3) is 0 Å². The summed E-state index contributed by atoms with van der Waals surface area (Å²) < 4.78 is 0. The zero-order valence-electron chi connectivity index (χ0n) is 9.48. The van der Waals surface area contributed by atoms with Crippen LogP contribution in [0.3, 0.4) is 0 Å². The zero-order chi connectivity index (χ0) is 12.7. The van der Waals surface area contributed by atoms with Gasteiger partial charge in [-0.3, -0.25) is 14.5 Å².